The van der Waals surface area contributed by atoms with Gasteiger partial charge in [-0.2, -0.15) is 5.10 Å². The van der Waals surface area contributed by atoms with Gasteiger partial charge < -0.3 is 0 Å². The van der Waals surface area contributed by atoms with Crippen molar-refractivity contribution in [2.45, 2.75) is 0 Å². The number of benzene rings is 2. The van der Waals surface area contributed by atoms with Gasteiger partial charge in [0.15, 0.2) is 5.69 Å². The molecule has 0 radical (unpaired) electrons. The number of nitrogens with zero attached hydrogens (tertiary/aromatic N) is 1. The molecule has 0 aliphatic rings. The Morgan fingerprint density at radius 1 is 1.00 bits per heavy atom. The van der Waals surface area contributed by atoms with Crippen molar-refractivity contribution in [2.24, 2.45) is 0 Å². The van der Waals surface area contributed by atoms with Gasteiger partial charge in [-0.05, 0) is 29.8 Å². The molecule has 0 spiro atoms. The second-order valence-electron chi connectivity index (χ2n) is 4.81. The standard InChI is InChI=1S/C17H10Cl2N2O2/c18-11-7-5-10(6-8-11)14-9-15(22)16(21-20-14)17(23)12-3-1-2-4-13(12)19/h1-9H,(H,20,22). The zero-order chi connectivity index (χ0) is 16.4. The normalized spacial score (nSPS) is 10.5. The Labute approximate surface area is 141 Å². The molecule has 1 heterocycles. The molecular weight excluding hydrogens is 335 g/mol. The van der Waals surface area contributed by atoms with Gasteiger partial charge in [0.05, 0.1) is 10.7 Å². The van der Waals surface area contributed by atoms with Gasteiger partial charge in [-0.15, -0.1) is 0 Å². The zero-order valence-corrected chi connectivity index (χ0v) is 13.2. The summed E-state index contributed by atoms with van der Waals surface area (Å²) < 4.78 is 0. The number of H-pyrrole nitrogens is 1. The fraction of sp³-hybridized carbons (Fsp3) is 0. The molecule has 0 aliphatic carbocycles. The van der Waals surface area contributed by atoms with Crippen molar-refractivity contribution in [3.63, 3.8) is 0 Å². The van der Waals surface area contributed by atoms with E-state index in [-0.39, 0.29) is 16.3 Å². The molecule has 23 heavy (non-hydrogen) atoms. The van der Waals surface area contributed by atoms with Gasteiger partial charge in [-0.3, -0.25) is 14.7 Å². The minimum Gasteiger partial charge on any atom is -0.287 e. The number of ketones is 1. The fourth-order valence-corrected chi connectivity index (χ4v) is 2.46. The minimum atomic E-state index is -0.514. The molecule has 4 nitrogen and oxygen atoms in total. The Hall–Kier alpha value is -2.43. The van der Waals surface area contributed by atoms with Gasteiger partial charge in [0.25, 0.3) is 0 Å². The van der Waals surface area contributed by atoms with Crippen LogP contribution < -0.4 is 5.43 Å². The SMILES string of the molecule is O=C(c1ccccc1Cl)c1n[nH]c(-c2ccc(Cl)cc2)cc1=O. The third-order valence-corrected chi connectivity index (χ3v) is 3.87. The van der Waals surface area contributed by atoms with Crippen LogP contribution in [0.1, 0.15) is 16.1 Å². The Morgan fingerprint density at radius 3 is 2.35 bits per heavy atom. The van der Waals surface area contributed by atoms with Gasteiger partial charge in [-0.25, -0.2) is 0 Å². The van der Waals surface area contributed by atoms with Crippen LogP contribution >= 0.6 is 23.2 Å². The second kappa shape index (κ2) is 6.36. The highest BCUT2D eigenvalue weighted by atomic mass is 35.5. The van der Waals surface area contributed by atoms with Crippen molar-refractivity contribution in [1.82, 2.24) is 10.2 Å². The summed E-state index contributed by atoms with van der Waals surface area (Å²) in [7, 11) is 0. The molecule has 0 saturated heterocycles. The van der Waals surface area contributed by atoms with E-state index in [0.717, 1.165) is 5.56 Å². The van der Waals surface area contributed by atoms with Gasteiger partial charge in [0.2, 0.25) is 11.2 Å². The predicted octanol–water partition coefficient (Wildman–Crippen LogP) is 3.97. The molecule has 3 aromatic rings. The average Bonchev–Trinajstić information content (AvgIpc) is 2.55. The van der Waals surface area contributed by atoms with E-state index in [1.165, 1.54) is 6.07 Å². The van der Waals surface area contributed by atoms with Crippen LogP contribution in [0.15, 0.2) is 59.4 Å². The first kappa shape index (κ1) is 15.5. The maximum atomic E-state index is 12.4. The van der Waals surface area contributed by atoms with Crippen LogP contribution in [0.5, 0.6) is 0 Å². The van der Waals surface area contributed by atoms with Crippen LogP contribution in [0, 0.1) is 0 Å². The lowest BCUT2D eigenvalue weighted by molar-refractivity contribution is 0.103. The first-order chi connectivity index (χ1) is 11.1. The molecule has 0 saturated carbocycles. The van der Waals surface area contributed by atoms with E-state index in [4.69, 9.17) is 23.2 Å². The van der Waals surface area contributed by atoms with Crippen molar-refractivity contribution >= 4 is 29.0 Å². The Kier molecular flexibility index (Phi) is 4.28. The molecule has 1 N–H and O–H groups in total. The zero-order valence-electron chi connectivity index (χ0n) is 11.7. The molecule has 0 amide bonds. The number of carbonyl (C=O) groups excluding carboxylic acids is 1. The van der Waals surface area contributed by atoms with Crippen molar-refractivity contribution in [1.29, 1.82) is 0 Å². The molecule has 0 unspecified atom stereocenters. The van der Waals surface area contributed by atoms with Gasteiger partial charge >= 0.3 is 0 Å². The van der Waals surface area contributed by atoms with Crippen LogP contribution in [0.3, 0.4) is 0 Å². The molecule has 0 aliphatic heterocycles. The summed E-state index contributed by atoms with van der Waals surface area (Å²) in [6, 6.07) is 14.8. The largest absolute Gasteiger partial charge is 0.287 e. The first-order valence-corrected chi connectivity index (χ1v) is 7.47. The molecule has 3 rings (SSSR count). The first-order valence-electron chi connectivity index (χ1n) is 6.71. The maximum absolute atomic E-state index is 12.4. The fourth-order valence-electron chi connectivity index (χ4n) is 2.12. The number of halogens is 2. The number of nitrogens with one attached hydrogen (secondary N) is 1. The number of rotatable bonds is 3. The molecule has 0 atom stereocenters. The maximum Gasteiger partial charge on any atom is 0.218 e. The highest BCUT2D eigenvalue weighted by molar-refractivity contribution is 6.34. The van der Waals surface area contributed by atoms with Gasteiger partial charge in [0, 0.05) is 16.7 Å². The summed E-state index contributed by atoms with van der Waals surface area (Å²) in [4.78, 5) is 24.6. The Morgan fingerprint density at radius 2 is 1.70 bits per heavy atom. The van der Waals surface area contributed by atoms with Crippen LogP contribution in [0.4, 0.5) is 0 Å². The lowest BCUT2D eigenvalue weighted by Gasteiger charge is -2.04. The van der Waals surface area contributed by atoms with Crippen LogP contribution in [-0.4, -0.2) is 16.0 Å². The van der Waals surface area contributed by atoms with Crippen LogP contribution in [0.2, 0.25) is 10.0 Å². The van der Waals surface area contributed by atoms with E-state index in [9.17, 15) is 9.59 Å². The van der Waals surface area contributed by atoms with Crippen molar-refractivity contribution in [3.05, 3.63) is 86.1 Å². The van der Waals surface area contributed by atoms with E-state index in [1.54, 1.807) is 48.5 Å². The molecule has 1 aromatic heterocycles. The lowest BCUT2D eigenvalue weighted by atomic mass is 10.1. The lowest BCUT2D eigenvalue weighted by Crippen LogP contribution is -2.19. The molecule has 0 bridgehead atoms. The number of aromatic amines is 1. The van der Waals surface area contributed by atoms with Crippen molar-refractivity contribution in [3.8, 4) is 11.3 Å². The number of hydrogen-bond acceptors (Lipinski definition) is 3. The second-order valence-corrected chi connectivity index (χ2v) is 5.65. The summed E-state index contributed by atoms with van der Waals surface area (Å²) in [5, 5.41) is 7.51. The van der Waals surface area contributed by atoms with Crippen molar-refractivity contribution < 1.29 is 4.79 Å². The molecule has 6 heteroatoms. The van der Waals surface area contributed by atoms with Crippen LogP contribution in [0.25, 0.3) is 11.3 Å². The van der Waals surface area contributed by atoms with Gasteiger partial charge in [0.1, 0.15) is 0 Å². The number of hydrogen-bond donors (Lipinski definition) is 1. The number of carbonyl (C=O) groups is 1. The predicted molar refractivity (Wildman–Crippen MR) is 90.2 cm³/mol. The third-order valence-electron chi connectivity index (χ3n) is 3.29. The average molecular weight is 345 g/mol. The summed E-state index contributed by atoms with van der Waals surface area (Å²) in [5.74, 6) is -0.514. The van der Waals surface area contributed by atoms with Crippen molar-refractivity contribution in [2.75, 3.05) is 0 Å². The highest BCUT2D eigenvalue weighted by Gasteiger charge is 2.18. The van der Waals surface area contributed by atoms with E-state index < -0.39 is 11.2 Å². The van der Waals surface area contributed by atoms with Gasteiger partial charge in [-0.1, -0.05) is 47.5 Å². The third kappa shape index (κ3) is 3.18. The topological polar surface area (TPSA) is 62.8 Å². The quantitative estimate of drug-likeness (QED) is 0.731. The molecule has 2 aromatic carbocycles. The smallest absolute Gasteiger partial charge is 0.218 e. The van der Waals surface area contributed by atoms with E-state index >= 15 is 0 Å². The Bertz CT molecular complexity index is 934. The minimum absolute atomic E-state index is 0.198. The molecular formula is C17H10Cl2N2O2. The number of aromatic nitrogens is 2. The molecule has 0 fully saturated rings. The summed E-state index contributed by atoms with van der Waals surface area (Å²) in [6.07, 6.45) is 0. The summed E-state index contributed by atoms with van der Waals surface area (Å²) >= 11 is 11.8. The van der Waals surface area contributed by atoms with Crippen LogP contribution in [-0.2, 0) is 0 Å². The Balaban J connectivity index is 2.00. The van der Waals surface area contributed by atoms with E-state index in [2.05, 4.69) is 10.2 Å². The van der Waals surface area contributed by atoms with E-state index in [0.29, 0.717) is 10.7 Å². The molecule has 114 valence electrons. The summed E-state index contributed by atoms with van der Waals surface area (Å²) in [6.45, 7) is 0. The monoisotopic (exact) mass is 344 g/mol. The highest BCUT2D eigenvalue weighted by Crippen LogP contribution is 2.19. The van der Waals surface area contributed by atoms with E-state index in [1.807, 2.05) is 0 Å². The summed E-state index contributed by atoms with van der Waals surface area (Å²) in [5.41, 5.74) is 0.818.